The highest BCUT2D eigenvalue weighted by atomic mass is 16.5. The van der Waals surface area contributed by atoms with E-state index < -0.39 is 11.9 Å². The molecule has 0 aliphatic carbocycles. The molecule has 74 valence electrons. The quantitative estimate of drug-likeness (QED) is 0.650. The summed E-state index contributed by atoms with van der Waals surface area (Å²) in [5, 5.41) is 2.33. The van der Waals surface area contributed by atoms with Crippen LogP contribution >= 0.6 is 0 Å². The second-order valence-corrected chi connectivity index (χ2v) is 2.35. The number of carbonyl (C=O) groups excluding carboxylic acids is 2. The van der Waals surface area contributed by atoms with Gasteiger partial charge in [0, 0.05) is 12.4 Å². The van der Waals surface area contributed by atoms with E-state index >= 15 is 0 Å². The maximum atomic E-state index is 11.2. The second kappa shape index (κ2) is 4.90. The SMILES string of the molecule is COC(=O)CNC(=O)c1cnccn1. The number of amides is 1. The van der Waals surface area contributed by atoms with Gasteiger partial charge < -0.3 is 10.1 Å². The molecule has 0 unspecified atom stereocenters. The lowest BCUT2D eigenvalue weighted by Gasteiger charge is -2.01. The van der Waals surface area contributed by atoms with E-state index in [1.165, 1.54) is 25.7 Å². The number of methoxy groups -OCH3 is 1. The molecular weight excluding hydrogens is 186 g/mol. The molecule has 1 N–H and O–H groups in total. The van der Waals surface area contributed by atoms with Crippen molar-refractivity contribution in [3.05, 3.63) is 24.3 Å². The molecule has 0 aromatic carbocycles. The number of nitrogens with one attached hydrogen (secondary N) is 1. The Labute approximate surface area is 80.3 Å². The summed E-state index contributed by atoms with van der Waals surface area (Å²) in [6, 6.07) is 0. The fourth-order valence-electron chi connectivity index (χ4n) is 0.732. The van der Waals surface area contributed by atoms with Crippen LogP contribution in [0.4, 0.5) is 0 Å². The maximum absolute atomic E-state index is 11.2. The van der Waals surface area contributed by atoms with Crippen molar-refractivity contribution in [2.45, 2.75) is 0 Å². The summed E-state index contributed by atoms with van der Waals surface area (Å²) in [6.45, 7) is -0.175. The number of hydrogen-bond acceptors (Lipinski definition) is 5. The molecule has 1 amide bonds. The normalized spacial score (nSPS) is 9.21. The molecule has 0 atom stereocenters. The molecule has 6 nitrogen and oxygen atoms in total. The molecule has 14 heavy (non-hydrogen) atoms. The van der Waals surface area contributed by atoms with Gasteiger partial charge in [-0.05, 0) is 0 Å². The van der Waals surface area contributed by atoms with Gasteiger partial charge in [-0.25, -0.2) is 4.98 Å². The largest absolute Gasteiger partial charge is 0.468 e. The highest BCUT2D eigenvalue weighted by Gasteiger charge is 2.08. The molecule has 1 rings (SSSR count). The fourth-order valence-corrected chi connectivity index (χ4v) is 0.732. The highest BCUT2D eigenvalue weighted by molar-refractivity contribution is 5.93. The Morgan fingerprint density at radius 2 is 2.29 bits per heavy atom. The molecule has 6 heteroatoms. The van der Waals surface area contributed by atoms with Crippen LogP contribution in [0.2, 0.25) is 0 Å². The average Bonchev–Trinajstić information content (AvgIpc) is 2.26. The van der Waals surface area contributed by atoms with Crippen LogP contribution in [0.3, 0.4) is 0 Å². The summed E-state index contributed by atoms with van der Waals surface area (Å²) in [7, 11) is 1.25. The Balaban J connectivity index is 2.48. The Hall–Kier alpha value is -1.98. The highest BCUT2D eigenvalue weighted by Crippen LogP contribution is 1.88. The zero-order chi connectivity index (χ0) is 10.4. The Morgan fingerprint density at radius 1 is 1.50 bits per heavy atom. The first-order valence-corrected chi connectivity index (χ1v) is 3.85. The van der Waals surface area contributed by atoms with Crippen LogP contribution in [0.25, 0.3) is 0 Å². The maximum Gasteiger partial charge on any atom is 0.325 e. The molecule has 0 saturated heterocycles. The minimum absolute atomic E-state index is 0.163. The van der Waals surface area contributed by atoms with E-state index in [1.54, 1.807) is 0 Å². The monoisotopic (exact) mass is 195 g/mol. The molecule has 0 aliphatic rings. The predicted octanol–water partition coefficient (Wildman–Crippen LogP) is -0.621. The Bertz CT molecular complexity index is 326. The molecule has 1 heterocycles. The summed E-state index contributed by atoms with van der Waals surface area (Å²) >= 11 is 0. The van der Waals surface area contributed by atoms with Gasteiger partial charge in [0.25, 0.3) is 5.91 Å². The van der Waals surface area contributed by atoms with Gasteiger partial charge in [0.05, 0.1) is 13.3 Å². The van der Waals surface area contributed by atoms with Gasteiger partial charge in [0.15, 0.2) is 0 Å². The van der Waals surface area contributed by atoms with Gasteiger partial charge in [0.1, 0.15) is 12.2 Å². The number of aromatic nitrogens is 2. The van der Waals surface area contributed by atoms with Crippen molar-refractivity contribution in [2.75, 3.05) is 13.7 Å². The zero-order valence-electron chi connectivity index (χ0n) is 7.56. The molecule has 0 radical (unpaired) electrons. The van der Waals surface area contributed by atoms with Crippen molar-refractivity contribution in [3.8, 4) is 0 Å². The van der Waals surface area contributed by atoms with Gasteiger partial charge in [-0.15, -0.1) is 0 Å². The minimum atomic E-state index is -0.512. The van der Waals surface area contributed by atoms with Crippen molar-refractivity contribution in [3.63, 3.8) is 0 Å². The van der Waals surface area contributed by atoms with E-state index in [1.807, 2.05) is 0 Å². The molecule has 1 aromatic heterocycles. The van der Waals surface area contributed by atoms with Gasteiger partial charge in [-0.1, -0.05) is 0 Å². The summed E-state index contributed by atoms with van der Waals surface area (Å²) in [6.07, 6.45) is 4.16. The lowest BCUT2D eigenvalue weighted by Crippen LogP contribution is -2.30. The molecule has 0 aliphatic heterocycles. The van der Waals surface area contributed by atoms with E-state index in [-0.39, 0.29) is 12.2 Å². The lowest BCUT2D eigenvalue weighted by atomic mass is 10.4. The average molecular weight is 195 g/mol. The Kier molecular flexibility index (Phi) is 3.54. The topological polar surface area (TPSA) is 81.2 Å². The van der Waals surface area contributed by atoms with Gasteiger partial charge in [0.2, 0.25) is 0 Å². The van der Waals surface area contributed by atoms with Gasteiger partial charge >= 0.3 is 5.97 Å². The van der Waals surface area contributed by atoms with Crippen molar-refractivity contribution in [1.82, 2.24) is 15.3 Å². The summed E-state index contributed by atoms with van der Waals surface area (Å²) in [4.78, 5) is 29.4. The number of esters is 1. The standard InChI is InChI=1S/C8H9N3O3/c1-14-7(12)5-11-8(13)6-4-9-2-3-10-6/h2-4H,5H2,1H3,(H,11,13). The van der Waals surface area contributed by atoms with E-state index in [0.29, 0.717) is 0 Å². The first kappa shape index (κ1) is 10.1. The second-order valence-electron chi connectivity index (χ2n) is 2.35. The third kappa shape index (κ3) is 2.81. The van der Waals surface area contributed by atoms with Crippen molar-refractivity contribution in [2.24, 2.45) is 0 Å². The van der Waals surface area contributed by atoms with Crippen LogP contribution in [0.15, 0.2) is 18.6 Å². The zero-order valence-corrected chi connectivity index (χ0v) is 7.56. The van der Waals surface area contributed by atoms with Gasteiger partial charge in [-0.3, -0.25) is 14.6 Å². The number of carbonyl (C=O) groups is 2. The summed E-state index contributed by atoms with van der Waals surface area (Å²) < 4.78 is 4.35. The predicted molar refractivity (Wildman–Crippen MR) is 46.4 cm³/mol. The van der Waals surface area contributed by atoms with Crippen LogP contribution in [0.5, 0.6) is 0 Å². The number of nitrogens with zero attached hydrogens (tertiary/aromatic N) is 2. The number of rotatable bonds is 3. The lowest BCUT2D eigenvalue weighted by molar-refractivity contribution is -0.139. The molecule has 0 fully saturated rings. The minimum Gasteiger partial charge on any atom is -0.468 e. The van der Waals surface area contributed by atoms with E-state index in [0.717, 1.165) is 0 Å². The van der Waals surface area contributed by atoms with Crippen molar-refractivity contribution in [1.29, 1.82) is 0 Å². The van der Waals surface area contributed by atoms with Gasteiger partial charge in [-0.2, -0.15) is 0 Å². The summed E-state index contributed by atoms with van der Waals surface area (Å²) in [5.41, 5.74) is 0.163. The first-order chi connectivity index (χ1) is 6.74. The molecule has 0 bridgehead atoms. The first-order valence-electron chi connectivity index (χ1n) is 3.85. The third-order valence-electron chi connectivity index (χ3n) is 1.42. The number of hydrogen-bond donors (Lipinski definition) is 1. The Morgan fingerprint density at radius 3 is 2.86 bits per heavy atom. The third-order valence-corrected chi connectivity index (χ3v) is 1.42. The molecule has 1 aromatic rings. The van der Waals surface area contributed by atoms with Crippen LogP contribution in [-0.4, -0.2) is 35.5 Å². The van der Waals surface area contributed by atoms with E-state index in [4.69, 9.17) is 0 Å². The van der Waals surface area contributed by atoms with Crippen molar-refractivity contribution < 1.29 is 14.3 Å². The van der Waals surface area contributed by atoms with Crippen LogP contribution in [0, 0.1) is 0 Å². The molecular formula is C8H9N3O3. The molecule has 0 spiro atoms. The van der Waals surface area contributed by atoms with Crippen LogP contribution in [0.1, 0.15) is 10.5 Å². The molecule has 0 saturated carbocycles. The van der Waals surface area contributed by atoms with Crippen molar-refractivity contribution >= 4 is 11.9 Å². The number of ether oxygens (including phenoxy) is 1. The van der Waals surface area contributed by atoms with E-state index in [2.05, 4.69) is 20.0 Å². The van der Waals surface area contributed by atoms with E-state index in [9.17, 15) is 9.59 Å². The van der Waals surface area contributed by atoms with Crippen LogP contribution in [-0.2, 0) is 9.53 Å². The fraction of sp³-hybridized carbons (Fsp3) is 0.250. The van der Waals surface area contributed by atoms with Crippen LogP contribution < -0.4 is 5.32 Å². The smallest absolute Gasteiger partial charge is 0.325 e. The summed E-state index contributed by atoms with van der Waals surface area (Å²) in [5.74, 6) is -0.967.